The van der Waals surface area contributed by atoms with Crippen molar-refractivity contribution in [2.75, 3.05) is 13.6 Å². The molecule has 0 unspecified atom stereocenters. The zero-order chi connectivity index (χ0) is 22.9. The van der Waals surface area contributed by atoms with Crippen LogP contribution in [0.3, 0.4) is 0 Å². The highest BCUT2D eigenvalue weighted by atomic mass is 16.6. The molecule has 1 aliphatic carbocycles. The van der Waals surface area contributed by atoms with Crippen LogP contribution in [0.25, 0.3) is 0 Å². The summed E-state index contributed by atoms with van der Waals surface area (Å²) in [6.45, 7) is 8.66. The summed E-state index contributed by atoms with van der Waals surface area (Å²) < 4.78 is 5.31. The van der Waals surface area contributed by atoms with Crippen molar-refractivity contribution in [2.24, 2.45) is 0 Å². The lowest BCUT2D eigenvalue weighted by Crippen LogP contribution is -2.39. The van der Waals surface area contributed by atoms with Crippen LogP contribution >= 0.6 is 0 Å². The standard InChI is InChI=1S/C26H42N2O3/c1-6-7-8-9-24(29)28(5)23-16-14-22(15-17-23)21-12-10-20(11-13-21)18-27-19-25(30)31-26(2,3)4/h10-13,22-23,27H,6-9,14-19H2,1-5H3. The first-order chi connectivity index (χ1) is 14.7. The van der Waals surface area contributed by atoms with E-state index in [-0.39, 0.29) is 12.5 Å². The summed E-state index contributed by atoms with van der Waals surface area (Å²) in [4.78, 5) is 26.2. The summed E-state index contributed by atoms with van der Waals surface area (Å²) in [5.74, 6) is 0.651. The molecule has 174 valence electrons. The number of ether oxygens (including phenoxy) is 1. The Kier molecular flexibility index (Phi) is 10.0. The third-order valence-electron chi connectivity index (χ3n) is 6.10. The van der Waals surface area contributed by atoms with Crippen LogP contribution in [0.4, 0.5) is 0 Å². The van der Waals surface area contributed by atoms with Crippen LogP contribution in [0.2, 0.25) is 0 Å². The highest BCUT2D eigenvalue weighted by molar-refractivity contribution is 5.76. The highest BCUT2D eigenvalue weighted by Gasteiger charge is 2.27. The van der Waals surface area contributed by atoms with E-state index in [0.717, 1.165) is 44.9 Å². The Labute approximate surface area is 188 Å². The maximum absolute atomic E-state index is 12.4. The second-order valence-electron chi connectivity index (χ2n) is 9.90. The van der Waals surface area contributed by atoms with E-state index in [1.54, 1.807) is 0 Å². The monoisotopic (exact) mass is 430 g/mol. The Hall–Kier alpha value is -1.88. The predicted octanol–water partition coefficient (Wildman–Crippen LogP) is 5.18. The molecule has 5 heteroatoms. The predicted molar refractivity (Wildman–Crippen MR) is 126 cm³/mol. The summed E-state index contributed by atoms with van der Waals surface area (Å²) >= 11 is 0. The Morgan fingerprint density at radius 2 is 1.71 bits per heavy atom. The average Bonchev–Trinajstić information content (AvgIpc) is 2.72. The van der Waals surface area contributed by atoms with Crippen LogP contribution < -0.4 is 5.32 Å². The van der Waals surface area contributed by atoms with Crippen LogP contribution in [0, 0.1) is 0 Å². The summed E-state index contributed by atoms with van der Waals surface area (Å²) in [6.07, 6.45) is 8.42. The van der Waals surface area contributed by atoms with Gasteiger partial charge in [0.05, 0.1) is 6.54 Å². The molecule has 1 fully saturated rings. The number of benzene rings is 1. The van der Waals surface area contributed by atoms with Crippen molar-refractivity contribution >= 4 is 11.9 Å². The van der Waals surface area contributed by atoms with E-state index in [1.807, 2.05) is 32.7 Å². The number of carbonyl (C=O) groups is 2. The molecule has 0 aliphatic heterocycles. The molecule has 31 heavy (non-hydrogen) atoms. The summed E-state index contributed by atoms with van der Waals surface area (Å²) in [6, 6.07) is 9.12. The molecular weight excluding hydrogens is 388 g/mol. The number of rotatable bonds is 10. The Bertz CT molecular complexity index is 686. The van der Waals surface area contributed by atoms with Gasteiger partial charge in [0.15, 0.2) is 0 Å². The molecular formula is C26H42N2O3. The lowest BCUT2D eigenvalue weighted by atomic mass is 9.81. The SMILES string of the molecule is CCCCCC(=O)N(C)C1CCC(c2ccc(CNCC(=O)OC(C)(C)C)cc2)CC1. The van der Waals surface area contributed by atoms with Crippen molar-refractivity contribution < 1.29 is 14.3 Å². The average molecular weight is 431 g/mol. The number of hydrogen-bond donors (Lipinski definition) is 1. The summed E-state index contributed by atoms with van der Waals surface area (Å²) in [5, 5.41) is 3.16. The first-order valence-electron chi connectivity index (χ1n) is 12.0. The van der Waals surface area contributed by atoms with E-state index in [4.69, 9.17) is 4.74 Å². The highest BCUT2D eigenvalue weighted by Crippen LogP contribution is 2.34. The van der Waals surface area contributed by atoms with Crippen molar-refractivity contribution in [1.29, 1.82) is 0 Å². The van der Waals surface area contributed by atoms with Crippen LogP contribution in [0.15, 0.2) is 24.3 Å². The fraction of sp³-hybridized carbons (Fsp3) is 0.692. The molecule has 0 atom stereocenters. The second-order valence-corrected chi connectivity index (χ2v) is 9.90. The fourth-order valence-corrected chi connectivity index (χ4v) is 4.30. The van der Waals surface area contributed by atoms with Gasteiger partial charge in [-0.05, 0) is 69.9 Å². The summed E-state index contributed by atoms with van der Waals surface area (Å²) in [7, 11) is 1.98. The lowest BCUT2D eigenvalue weighted by Gasteiger charge is -2.35. The van der Waals surface area contributed by atoms with Gasteiger partial charge in [-0.15, -0.1) is 0 Å². The van der Waals surface area contributed by atoms with Crippen LogP contribution in [-0.4, -0.2) is 42.0 Å². The molecule has 1 amide bonds. The van der Waals surface area contributed by atoms with Gasteiger partial charge in [0.25, 0.3) is 0 Å². The first kappa shape index (κ1) is 25.4. The Balaban J connectivity index is 1.74. The first-order valence-corrected chi connectivity index (χ1v) is 12.0. The third kappa shape index (κ3) is 9.02. The van der Waals surface area contributed by atoms with Gasteiger partial charge in [-0.3, -0.25) is 9.59 Å². The number of nitrogens with one attached hydrogen (secondary N) is 1. The minimum Gasteiger partial charge on any atom is -0.459 e. The van der Waals surface area contributed by atoms with Gasteiger partial charge in [0, 0.05) is 26.1 Å². The van der Waals surface area contributed by atoms with Gasteiger partial charge in [-0.2, -0.15) is 0 Å². The normalized spacial score (nSPS) is 19.1. The van der Waals surface area contributed by atoms with Gasteiger partial charge >= 0.3 is 5.97 Å². The minimum atomic E-state index is -0.448. The number of nitrogens with zero attached hydrogens (tertiary/aromatic N) is 1. The zero-order valence-corrected chi connectivity index (χ0v) is 20.2. The van der Waals surface area contributed by atoms with E-state index >= 15 is 0 Å². The maximum Gasteiger partial charge on any atom is 0.320 e. The van der Waals surface area contributed by atoms with E-state index < -0.39 is 5.60 Å². The molecule has 1 aliphatic rings. The van der Waals surface area contributed by atoms with Gasteiger partial charge in [0.2, 0.25) is 5.91 Å². The molecule has 1 N–H and O–H groups in total. The Morgan fingerprint density at radius 3 is 2.29 bits per heavy atom. The molecule has 1 aromatic carbocycles. The van der Waals surface area contributed by atoms with Crippen LogP contribution in [0.5, 0.6) is 0 Å². The van der Waals surface area contributed by atoms with Gasteiger partial charge in [-0.25, -0.2) is 0 Å². The minimum absolute atomic E-state index is 0.216. The molecule has 0 radical (unpaired) electrons. The molecule has 0 bridgehead atoms. The second kappa shape index (κ2) is 12.2. The molecule has 1 aromatic rings. The molecule has 0 saturated heterocycles. The van der Waals surface area contributed by atoms with Crippen molar-refractivity contribution in [3.05, 3.63) is 35.4 Å². The van der Waals surface area contributed by atoms with Crippen molar-refractivity contribution in [1.82, 2.24) is 10.2 Å². The number of amides is 1. The van der Waals surface area contributed by atoms with E-state index in [1.165, 1.54) is 11.1 Å². The van der Waals surface area contributed by atoms with Gasteiger partial charge < -0.3 is 15.0 Å². The number of carbonyl (C=O) groups excluding carboxylic acids is 2. The third-order valence-corrected chi connectivity index (χ3v) is 6.10. The van der Waals surface area contributed by atoms with Crippen molar-refractivity contribution in [2.45, 2.75) is 103 Å². The van der Waals surface area contributed by atoms with E-state index in [9.17, 15) is 9.59 Å². The fourth-order valence-electron chi connectivity index (χ4n) is 4.30. The summed E-state index contributed by atoms with van der Waals surface area (Å²) in [5.41, 5.74) is 2.10. The lowest BCUT2D eigenvalue weighted by molar-refractivity contribution is -0.153. The smallest absolute Gasteiger partial charge is 0.320 e. The maximum atomic E-state index is 12.4. The van der Waals surface area contributed by atoms with Gasteiger partial charge in [-0.1, -0.05) is 44.0 Å². The van der Waals surface area contributed by atoms with Crippen molar-refractivity contribution in [3.8, 4) is 0 Å². The van der Waals surface area contributed by atoms with Gasteiger partial charge in [0.1, 0.15) is 5.60 Å². The largest absolute Gasteiger partial charge is 0.459 e. The molecule has 0 spiro atoms. The quantitative estimate of drug-likeness (QED) is 0.410. The Morgan fingerprint density at radius 1 is 1.06 bits per heavy atom. The molecule has 2 rings (SSSR count). The number of hydrogen-bond acceptors (Lipinski definition) is 4. The molecule has 1 saturated carbocycles. The number of esters is 1. The van der Waals surface area contributed by atoms with Crippen LogP contribution in [-0.2, 0) is 20.9 Å². The molecule has 0 aromatic heterocycles. The van der Waals surface area contributed by atoms with Crippen LogP contribution in [0.1, 0.15) is 96.1 Å². The topological polar surface area (TPSA) is 58.6 Å². The molecule has 0 heterocycles. The van der Waals surface area contributed by atoms with Crippen molar-refractivity contribution in [3.63, 3.8) is 0 Å². The van der Waals surface area contributed by atoms with E-state index in [0.29, 0.717) is 30.8 Å². The van der Waals surface area contributed by atoms with E-state index in [2.05, 4.69) is 36.5 Å². The molecule has 5 nitrogen and oxygen atoms in total. The number of unbranched alkanes of at least 4 members (excludes halogenated alkanes) is 2. The zero-order valence-electron chi connectivity index (χ0n) is 20.2.